The van der Waals surface area contributed by atoms with Crippen molar-refractivity contribution >= 4 is 11.8 Å². The van der Waals surface area contributed by atoms with Gasteiger partial charge >= 0.3 is 0 Å². The second-order valence-corrected chi connectivity index (χ2v) is 35.2. The van der Waals surface area contributed by atoms with Crippen molar-refractivity contribution in [2.24, 2.45) is 0 Å². The Kier molecular flexibility index (Phi) is 41.0. The summed E-state index contributed by atoms with van der Waals surface area (Å²) in [5, 5.41) is 408. The van der Waals surface area contributed by atoms with E-state index in [0.717, 1.165) is 13.8 Å². The molecule has 63 nitrogen and oxygen atoms in total. The summed E-state index contributed by atoms with van der Waals surface area (Å²) in [5.74, 6) is -1.86. The average molecular weight is 2050 g/mol. The second kappa shape index (κ2) is 49.8. The van der Waals surface area contributed by atoms with Gasteiger partial charge in [-0.05, 0) is 0 Å². The molecule has 12 rings (SSSR count). The number of ether oxygens (including phenoxy) is 23. The molecule has 63 heteroatoms. The minimum atomic E-state index is -2.74. The van der Waals surface area contributed by atoms with Gasteiger partial charge in [0.15, 0.2) is 75.5 Å². The van der Waals surface area contributed by atoms with Crippen LogP contribution in [0.3, 0.4) is 0 Å². The summed E-state index contributed by atoms with van der Waals surface area (Å²) in [6.45, 7) is -12.3. The quantitative estimate of drug-likeness (QED) is 0.0277. The fraction of sp³-hybridized carbons (Fsp3) is 0.974. The fourth-order valence-corrected chi connectivity index (χ4v) is 17.8. The number of aliphatic hydroxyl groups is 36. The molecule has 12 heterocycles. The van der Waals surface area contributed by atoms with Gasteiger partial charge < -0.3 is 303 Å². The number of aliphatic hydroxyl groups excluding tert-OH is 36. The van der Waals surface area contributed by atoms with Crippen LogP contribution in [0.4, 0.5) is 0 Å². The van der Waals surface area contributed by atoms with Crippen LogP contribution in [0.5, 0.6) is 0 Å². The van der Waals surface area contributed by atoms with Crippen molar-refractivity contribution < 1.29 is 302 Å². The lowest BCUT2D eigenvalue weighted by Gasteiger charge is -2.51. The molecule has 0 aromatic heterocycles. The lowest BCUT2D eigenvalue weighted by atomic mass is 9.94. The first-order chi connectivity index (χ1) is 65.8. The molecule has 12 fully saturated rings. The first-order valence-corrected chi connectivity index (χ1v) is 44.2. The van der Waals surface area contributed by atoms with Crippen LogP contribution in [0.1, 0.15) is 13.8 Å². The fourth-order valence-electron chi connectivity index (χ4n) is 17.8. The van der Waals surface area contributed by atoms with Crippen molar-refractivity contribution in [1.82, 2.24) is 10.6 Å². The van der Waals surface area contributed by atoms with Crippen LogP contribution in [0.2, 0.25) is 0 Å². The van der Waals surface area contributed by atoms with Crippen LogP contribution < -0.4 is 10.6 Å². The summed E-state index contributed by atoms with van der Waals surface area (Å²) >= 11 is 0. The van der Waals surface area contributed by atoms with E-state index in [1.807, 2.05) is 0 Å². The molecule has 0 spiro atoms. The van der Waals surface area contributed by atoms with Gasteiger partial charge in [-0.25, -0.2) is 0 Å². The molecule has 0 bridgehead atoms. The Bertz CT molecular complexity index is 3720. The number of hydrogen-bond acceptors (Lipinski definition) is 61. The predicted octanol–water partition coefficient (Wildman–Crippen LogP) is -26.9. The number of rotatable bonds is 36. The highest BCUT2D eigenvalue weighted by Gasteiger charge is 2.63. The first-order valence-electron chi connectivity index (χ1n) is 44.2. The first kappa shape index (κ1) is 114. The summed E-state index contributed by atoms with van der Waals surface area (Å²) in [4.78, 5) is 25.5. The molecule has 139 heavy (non-hydrogen) atoms. The summed E-state index contributed by atoms with van der Waals surface area (Å²) in [5.41, 5.74) is 0. The maximum Gasteiger partial charge on any atom is 0.217 e. The van der Waals surface area contributed by atoms with Gasteiger partial charge in [0.25, 0.3) is 0 Å². The van der Waals surface area contributed by atoms with E-state index in [0.29, 0.717) is 0 Å². The molecule has 0 aliphatic carbocycles. The minimum absolute atomic E-state index is 0.839. The van der Waals surface area contributed by atoms with E-state index in [1.165, 1.54) is 0 Å². The molecule has 0 aromatic rings. The molecule has 12 aliphatic rings. The van der Waals surface area contributed by atoms with Crippen molar-refractivity contribution in [3.8, 4) is 0 Å². The zero-order chi connectivity index (χ0) is 102. The molecule has 0 radical (unpaired) electrons. The van der Waals surface area contributed by atoms with Gasteiger partial charge in [0.1, 0.15) is 293 Å². The van der Waals surface area contributed by atoms with Crippen molar-refractivity contribution in [1.29, 1.82) is 0 Å². The number of hydrogen-bond donors (Lipinski definition) is 38. The molecule has 0 unspecified atom stereocenters. The van der Waals surface area contributed by atoms with Gasteiger partial charge in [0.2, 0.25) is 11.8 Å². The maximum absolute atomic E-state index is 13.2. The highest BCUT2D eigenvalue weighted by molar-refractivity contribution is 5.73. The summed E-state index contributed by atoms with van der Waals surface area (Å²) in [6.07, 6.45) is -130. The third kappa shape index (κ3) is 24.7. The van der Waals surface area contributed by atoms with Crippen molar-refractivity contribution in [3.05, 3.63) is 0 Å². The van der Waals surface area contributed by atoms with Gasteiger partial charge in [-0.3, -0.25) is 9.59 Å². The Morgan fingerprint density at radius 3 is 0.748 bits per heavy atom. The lowest BCUT2D eigenvalue weighted by Crippen LogP contribution is -2.70. The van der Waals surface area contributed by atoms with Gasteiger partial charge in [-0.15, -0.1) is 0 Å². The Labute approximate surface area is 784 Å². The van der Waals surface area contributed by atoms with Crippen molar-refractivity contribution in [2.45, 2.75) is 382 Å². The summed E-state index contributed by atoms with van der Waals surface area (Å²) in [7, 11) is 0. The molecular weight excluding hydrogens is 1920 g/mol. The third-order valence-corrected chi connectivity index (χ3v) is 25.9. The molecule has 2 amide bonds. The lowest BCUT2D eigenvalue weighted by molar-refractivity contribution is -0.408. The number of carbonyl (C=O) groups is 2. The SMILES string of the molecule is CC(=O)N[C@@H]1[C@@H](O)[C@H](O[C@@H]2O[C@H](CO)[C@@H](O[C@@H]3O[C@H](CO[C@H]4O[C@H](CO[C@H]5O[C@H](CO[C@H]6O[C@H](CO)[C@@H](O)[C@H](O)[C@@H]6O)[C@@H](O)[C@H](O)[C@@H]5O[C@H]5O[C@H](CO)[C@@H](O)[C@H](O)[C@@H]5O)[C@@H](O)[C@H](O[C@H]5O[C@H](CO)[C@@H](O)[C@H](O)[C@@H]5O[C@H]5O[C@H](CO)[C@@H](O)[C@H](O)[C@@H]5O)[C@@H]4O)[C@@H](O)[C@H](O[C@H]4O[C@H](CO)[C@@H](O)[C@H](O)[C@@H]4O[C@H]4O[C@H](CO)[C@@H](O)[C@H](O)[C@@H]4O[C@H]4O[C@H](CO)[C@@H](O)[C@H](O)[C@@H]4O)[C@@H]3O)[C@H](O)[C@H]2NC(C)=O)[C@@H](CO)O[C@H]1O. The van der Waals surface area contributed by atoms with Gasteiger partial charge in [-0.1, -0.05) is 0 Å². The number of nitrogens with one attached hydrogen (secondary N) is 2. The minimum Gasteiger partial charge on any atom is -0.394 e. The predicted molar refractivity (Wildman–Crippen MR) is 418 cm³/mol. The molecule has 0 saturated carbocycles. The van der Waals surface area contributed by atoms with Gasteiger partial charge in [0, 0.05) is 13.8 Å². The number of carbonyl (C=O) groups excluding carboxylic acids is 2. The van der Waals surface area contributed by atoms with E-state index < -0.39 is 459 Å². The molecule has 60 atom stereocenters. The normalized spacial score (nSPS) is 51.9. The highest BCUT2D eigenvalue weighted by Crippen LogP contribution is 2.42. The Morgan fingerprint density at radius 1 is 0.187 bits per heavy atom. The van der Waals surface area contributed by atoms with E-state index in [9.17, 15) is 193 Å². The third-order valence-electron chi connectivity index (χ3n) is 25.9. The van der Waals surface area contributed by atoms with E-state index in [-0.39, 0.29) is 0 Å². The second-order valence-electron chi connectivity index (χ2n) is 35.2. The zero-order valence-electron chi connectivity index (χ0n) is 73.4. The Balaban J connectivity index is 0.917. The standard InChI is InChI=1S/C76H128N2O61/c1-15(88)77-29-41(100)57(24(10-86)120-65(29)116)132-66-30(78-16(2)89)42(101)58(25(11-87)128-66)133-72-56(115)60(135-75-64(49(108)37(96)22(8-84)126-75)139-76-63(48(107)36(95)23(9-85)127-76)138-71-54(113)46(105)34(93)20(6-82)124-71)40(99)28(130-72)13-118-68-55(114)59(134-74-62(47(106)35(94)21(7-83)125-74)137-70-53(112)45(104)33(92)19(5-81)123-70)39(98)27(129-68)14-119-73-61(136-69-52(111)44(103)32(91)18(4-80)122-69)50(109)38(97)26(131-73)12-117-67-51(110)43(102)31(90)17(3-79)121-67/h17-76,79-87,90-116H,3-14H2,1-2H3,(H,77,88)(H,78,89)/t17-,18-,19-,20-,21-,22-,23-,24-,25-,26-,27-,28-,29-,30-,31-,32-,33-,34-,35-,36-,37-,38-,39-,40-,41-,42-,43+,44+,45+,46+,47+,48+,49+,50+,51+,52+,53+,54+,55+,56+,57-,58-,59+,60+,61+,62+,63+,64+,65-,66+,67+,68+,69-,70-,71-,72+,73+,74-,75-,76-/m1/s1. The Hall–Kier alpha value is -3.42. The van der Waals surface area contributed by atoms with Crippen LogP contribution >= 0.6 is 0 Å². The summed E-state index contributed by atoms with van der Waals surface area (Å²) < 4.78 is 136. The molecule has 38 N–H and O–H groups in total. The zero-order valence-corrected chi connectivity index (χ0v) is 73.4. The van der Waals surface area contributed by atoms with E-state index in [1.54, 1.807) is 0 Å². The van der Waals surface area contributed by atoms with Crippen LogP contribution in [0.25, 0.3) is 0 Å². The molecule has 808 valence electrons. The molecule has 12 aliphatic heterocycles. The topological polar surface area (TPSA) is 999 Å². The highest BCUT2D eigenvalue weighted by atomic mass is 16.8. The van der Waals surface area contributed by atoms with Crippen molar-refractivity contribution in [2.75, 3.05) is 79.3 Å². The maximum atomic E-state index is 13.2. The van der Waals surface area contributed by atoms with E-state index in [2.05, 4.69) is 10.6 Å². The number of amides is 2. The monoisotopic (exact) mass is 2040 g/mol. The summed E-state index contributed by atoms with van der Waals surface area (Å²) in [6, 6.07) is -3.76. The average Bonchev–Trinajstić information content (AvgIpc) is 0.772. The van der Waals surface area contributed by atoms with Crippen LogP contribution in [-0.4, -0.2) is 643 Å². The van der Waals surface area contributed by atoms with Gasteiger partial charge in [0.05, 0.1) is 79.3 Å². The van der Waals surface area contributed by atoms with Crippen LogP contribution in [0, 0.1) is 0 Å². The Morgan fingerprint density at radius 2 is 0.396 bits per heavy atom. The van der Waals surface area contributed by atoms with Crippen LogP contribution in [-0.2, 0) is 119 Å². The largest absolute Gasteiger partial charge is 0.394 e. The van der Waals surface area contributed by atoms with Gasteiger partial charge in [-0.2, -0.15) is 0 Å². The molecular formula is C76H128N2O61. The van der Waals surface area contributed by atoms with Crippen molar-refractivity contribution in [3.63, 3.8) is 0 Å². The molecule has 12 saturated heterocycles. The van der Waals surface area contributed by atoms with Crippen LogP contribution in [0.15, 0.2) is 0 Å². The van der Waals surface area contributed by atoms with E-state index >= 15 is 0 Å². The van der Waals surface area contributed by atoms with E-state index in [4.69, 9.17) is 109 Å². The molecule has 0 aromatic carbocycles. The smallest absolute Gasteiger partial charge is 0.217 e.